The molecule has 6 heteroatoms. The van der Waals surface area contributed by atoms with Crippen molar-refractivity contribution in [2.24, 2.45) is 5.73 Å². The SMILES string of the molecule is Cc1ccc(-c2cnc(CNC(=O)C(N)CCc3ccccn3)[nH]2)cc1. The highest BCUT2D eigenvalue weighted by atomic mass is 16.2. The number of rotatable bonds is 7. The lowest BCUT2D eigenvalue weighted by atomic mass is 10.1. The van der Waals surface area contributed by atoms with Crippen molar-refractivity contribution < 1.29 is 4.79 Å². The van der Waals surface area contributed by atoms with Gasteiger partial charge in [0.1, 0.15) is 5.82 Å². The van der Waals surface area contributed by atoms with E-state index in [0.29, 0.717) is 25.2 Å². The van der Waals surface area contributed by atoms with E-state index in [1.54, 1.807) is 12.4 Å². The van der Waals surface area contributed by atoms with Crippen molar-refractivity contribution in [1.82, 2.24) is 20.3 Å². The monoisotopic (exact) mass is 349 g/mol. The number of imidazole rings is 1. The van der Waals surface area contributed by atoms with E-state index in [1.165, 1.54) is 5.56 Å². The second-order valence-electron chi connectivity index (χ2n) is 6.29. The number of aryl methyl sites for hydroxylation is 2. The van der Waals surface area contributed by atoms with E-state index in [2.05, 4.69) is 39.3 Å². The van der Waals surface area contributed by atoms with Gasteiger partial charge < -0.3 is 16.0 Å². The van der Waals surface area contributed by atoms with Crippen LogP contribution in [0.4, 0.5) is 0 Å². The zero-order chi connectivity index (χ0) is 18.4. The van der Waals surface area contributed by atoms with Gasteiger partial charge in [-0.15, -0.1) is 0 Å². The van der Waals surface area contributed by atoms with Gasteiger partial charge >= 0.3 is 0 Å². The average Bonchev–Trinajstić information content (AvgIpc) is 3.14. The molecule has 26 heavy (non-hydrogen) atoms. The number of amides is 1. The highest BCUT2D eigenvalue weighted by Gasteiger charge is 2.14. The average molecular weight is 349 g/mol. The Morgan fingerprint density at radius 3 is 2.73 bits per heavy atom. The molecular weight excluding hydrogens is 326 g/mol. The molecule has 0 bridgehead atoms. The second kappa shape index (κ2) is 8.40. The lowest BCUT2D eigenvalue weighted by molar-refractivity contribution is -0.122. The summed E-state index contributed by atoms with van der Waals surface area (Å²) in [6, 6.07) is 13.3. The van der Waals surface area contributed by atoms with Crippen LogP contribution in [0.2, 0.25) is 0 Å². The van der Waals surface area contributed by atoms with E-state index >= 15 is 0 Å². The van der Waals surface area contributed by atoms with Gasteiger partial charge in [0.2, 0.25) is 5.91 Å². The predicted molar refractivity (Wildman–Crippen MR) is 101 cm³/mol. The van der Waals surface area contributed by atoms with E-state index in [-0.39, 0.29) is 5.91 Å². The zero-order valence-electron chi connectivity index (χ0n) is 14.8. The molecule has 1 unspecified atom stereocenters. The quantitative estimate of drug-likeness (QED) is 0.610. The molecule has 0 saturated heterocycles. The number of hydrogen-bond acceptors (Lipinski definition) is 4. The summed E-state index contributed by atoms with van der Waals surface area (Å²) < 4.78 is 0. The predicted octanol–water partition coefficient (Wildman–Crippen LogP) is 2.36. The number of nitrogens with zero attached hydrogens (tertiary/aromatic N) is 2. The Morgan fingerprint density at radius 1 is 1.19 bits per heavy atom. The van der Waals surface area contributed by atoms with Gasteiger partial charge in [-0.1, -0.05) is 35.9 Å². The Kier molecular flexibility index (Phi) is 5.76. The van der Waals surface area contributed by atoms with Crippen LogP contribution in [0.5, 0.6) is 0 Å². The van der Waals surface area contributed by atoms with Crippen LogP contribution in [0, 0.1) is 6.92 Å². The van der Waals surface area contributed by atoms with E-state index in [4.69, 9.17) is 5.73 Å². The molecule has 6 nitrogen and oxygen atoms in total. The van der Waals surface area contributed by atoms with Crippen LogP contribution in [0.15, 0.2) is 54.9 Å². The highest BCUT2D eigenvalue weighted by Crippen LogP contribution is 2.17. The van der Waals surface area contributed by atoms with Gasteiger partial charge in [0.25, 0.3) is 0 Å². The molecule has 0 aliphatic rings. The van der Waals surface area contributed by atoms with Crippen LogP contribution in [-0.4, -0.2) is 26.9 Å². The Labute approximate surface area is 152 Å². The minimum atomic E-state index is -0.566. The Morgan fingerprint density at radius 2 is 2.00 bits per heavy atom. The topological polar surface area (TPSA) is 96.7 Å². The number of nitrogens with one attached hydrogen (secondary N) is 2. The number of aromatic amines is 1. The van der Waals surface area contributed by atoms with Crippen molar-refractivity contribution in [3.8, 4) is 11.3 Å². The molecule has 1 amide bonds. The van der Waals surface area contributed by atoms with Crippen molar-refractivity contribution in [2.45, 2.75) is 32.4 Å². The summed E-state index contributed by atoms with van der Waals surface area (Å²) in [7, 11) is 0. The lowest BCUT2D eigenvalue weighted by Gasteiger charge is -2.11. The summed E-state index contributed by atoms with van der Waals surface area (Å²) in [5.74, 6) is 0.514. The smallest absolute Gasteiger partial charge is 0.237 e. The van der Waals surface area contributed by atoms with Crippen LogP contribution in [0.1, 0.15) is 23.5 Å². The van der Waals surface area contributed by atoms with E-state index in [9.17, 15) is 4.79 Å². The second-order valence-corrected chi connectivity index (χ2v) is 6.29. The molecule has 0 aliphatic carbocycles. The Balaban J connectivity index is 1.49. The first-order chi connectivity index (χ1) is 12.6. The van der Waals surface area contributed by atoms with Gasteiger partial charge in [-0.05, 0) is 37.5 Å². The molecule has 2 heterocycles. The summed E-state index contributed by atoms with van der Waals surface area (Å²) in [5, 5.41) is 2.83. The van der Waals surface area contributed by atoms with Crippen LogP contribution in [0.3, 0.4) is 0 Å². The maximum atomic E-state index is 12.2. The molecular formula is C20H23N5O. The fourth-order valence-electron chi connectivity index (χ4n) is 2.61. The number of carbonyl (C=O) groups is 1. The molecule has 4 N–H and O–H groups in total. The Bertz CT molecular complexity index is 842. The van der Waals surface area contributed by atoms with Crippen molar-refractivity contribution in [2.75, 3.05) is 0 Å². The number of hydrogen-bond donors (Lipinski definition) is 3. The highest BCUT2D eigenvalue weighted by molar-refractivity contribution is 5.81. The summed E-state index contributed by atoms with van der Waals surface area (Å²) in [6.07, 6.45) is 4.74. The molecule has 0 fully saturated rings. The summed E-state index contributed by atoms with van der Waals surface area (Å²) in [6.45, 7) is 2.37. The van der Waals surface area contributed by atoms with Crippen molar-refractivity contribution in [3.05, 3.63) is 71.9 Å². The number of nitrogens with two attached hydrogens (primary N) is 1. The summed E-state index contributed by atoms with van der Waals surface area (Å²) in [4.78, 5) is 23.9. The molecule has 3 aromatic rings. The van der Waals surface area contributed by atoms with Crippen molar-refractivity contribution in [1.29, 1.82) is 0 Å². The lowest BCUT2D eigenvalue weighted by Crippen LogP contribution is -2.40. The number of aromatic nitrogens is 3. The van der Waals surface area contributed by atoms with Crippen LogP contribution in [0.25, 0.3) is 11.3 Å². The van der Waals surface area contributed by atoms with Gasteiger partial charge in [0.15, 0.2) is 0 Å². The molecule has 2 aromatic heterocycles. The third-order valence-corrected chi connectivity index (χ3v) is 4.20. The molecule has 1 aromatic carbocycles. The van der Waals surface area contributed by atoms with Gasteiger partial charge in [-0.3, -0.25) is 9.78 Å². The zero-order valence-corrected chi connectivity index (χ0v) is 14.8. The summed E-state index contributed by atoms with van der Waals surface area (Å²) in [5.41, 5.74) is 10.1. The first-order valence-electron chi connectivity index (χ1n) is 8.66. The molecule has 0 radical (unpaired) electrons. The molecule has 3 rings (SSSR count). The van der Waals surface area contributed by atoms with Crippen molar-refractivity contribution >= 4 is 5.91 Å². The van der Waals surface area contributed by atoms with Gasteiger partial charge in [-0.2, -0.15) is 0 Å². The van der Waals surface area contributed by atoms with Crippen LogP contribution < -0.4 is 11.1 Å². The maximum Gasteiger partial charge on any atom is 0.237 e. The van der Waals surface area contributed by atoms with Gasteiger partial charge in [-0.25, -0.2) is 4.98 Å². The number of pyridine rings is 1. The molecule has 1 atom stereocenters. The third-order valence-electron chi connectivity index (χ3n) is 4.20. The normalized spacial score (nSPS) is 11.9. The maximum absolute atomic E-state index is 12.2. The fourth-order valence-corrected chi connectivity index (χ4v) is 2.61. The van der Waals surface area contributed by atoms with Gasteiger partial charge in [0, 0.05) is 11.9 Å². The van der Waals surface area contributed by atoms with Gasteiger partial charge in [0.05, 0.1) is 24.5 Å². The summed E-state index contributed by atoms with van der Waals surface area (Å²) >= 11 is 0. The third kappa shape index (κ3) is 4.77. The standard InChI is InChI=1S/C20H23N5O/c1-14-5-7-15(8-6-14)18-12-23-19(25-18)13-24-20(26)17(21)10-9-16-4-2-3-11-22-16/h2-8,11-12,17H,9-10,13,21H2,1H3,(H,23,25)(H,24,26). The number of carbonyl (C=O) groups excluding carboxylic acids is 1. The Hall–Kier alpha value is -2.99. The minimum Gasteiger partial charge on any atom is -0.348 e. The molecule has 0 spiro atoms. The van der Waals surface area contributed by atoms with E-state index in [0.717, 1.165) is 17.0 Å². The van der Waals surface area contributed by atoms with Crippen molar-refractivity contribution in [3.63, 3.8) is 0 Å². The first-order valence-corrected chi connectivity index (χ1v) is 8.66. The number of benzene rings is 1. The van der Waals surface area contributed by atoms with E-state index < -0.39 is 6.04 Å². The largest absolute Gasteiger partial charge is 0.348 e. The van der Waals surface area contributed by atoms with E-state index in [1.807, 2.05) is 30.3 Å². The molecule has 0 aliphatic heterocycles. The minimum absolute atomic E-state index is 0.186. The van der Waals surface area contributed by atoms with Crippen LogP contribution in [-0.2, 0) is 17.8 Å². The van der Waals surface area contributed by atoms with Crippen LogP contribution >= 0.6 is 0 Å². The fraction of sp³-hybridized carbons (Fsp3) is 0.250. The molecule has 134 valence electrons. The first kappa shape index (κ1) is 17.8. The number of H-pyrrole nitrogens is 1. The molecule has 0 saturated carbocycles.